The van der Waals surface area contributed by atoms with Crippen LogP contribution in [0.5, 0.6) is 0 Å². The van der Waals surface area contributed by atoms with Gasteiger partial charge in [-0.05, 0) is 24.9 Å². The number of carbonyl (C=O) groups excluding carboxylic acids is 2. The zero-order valence-corrected chi connectivity index (χ0v) is 14.3. The van der Waals surface area contributed by atoms with Crippen LogP contribution in [0.15, 0.2) is 0 Å². The van der Waals surface area contributed by atoms with Crippen molar-refractivity contribution in [1.82, 2.24) is 0 Å². The fourth-order valence-electron chi connectivity index (χ4n) is 0.332. The Morgan fingerprint density at radius 3 is 1.28 bits per heavy atom. The summed E-state index contributed by atoms with van der Waals surface area (Å²) in [5, 5.41) is -0.361. The Balaban J connectivity index is -0.000000212. The van der Waals surface area contributed by atoms with E-state index < -0.39 is 13.1 Å². The number of rotatable bonds is 4. The molecule has 6 nitrogen and oxygen atoms in total. The fourth-order valence-corrected chi connectivity index (χ4v) is 0.995. The maximum atomic E-state index is 10.9. The fraction of sp³-hybridized carbons (Fsp3) is 0.778. The smallest absolute Gasteiger partial charge is 0.363 e. The third-order valence-corrected chi connectivity index (χ3v) is 3.69. The van der Waals surface area contributed by atoms with Crippen molar-refractivity contribution in [2.24, 2.45) is 0 Å². The Labute approximate surface area is 115 Å². The molecule has 0 spiro atoms. The molecule has 0 saturated heterocycles. The first kappa shape index (κ1) is 23.3. The van der Waals surface area contributed by atoms with Crippen molar-refractivity contribution >= 4 is 38.1 Å². The van der Waals surface area contributed by atoms with Gasteiger partial charge in [0.25, 0.3) is 0 Å². The van der Waals surface area contributed by atoms with Crippen LogP contribution in [0.3, 0.4) is 0 Å². The minimum absolute atomic E-state index is 0.0983. The van der Waals surface area contributed by atoms with Crippen LogP contribution >= 0.6 is 27.3 Å². The molecule has 0 atom stereocenters. The molecule has 0 bridgehead atoms. The summed E-state index contributed by atoms with van der Waals surface area (Å²) in [7, 11) is 0.582. The standard InChI is InChI=1S/C4H9O4P.C3H9OP.C2H3ClO/c1-4(5)9(6,7-2)8-3;1-4-5(2)3;1-2(3)4/h1-3H3;1-3H3;1H3. The van der Waals surface area contributed by atoms with E-state index in [2.05, 4.69) is 34.0 Å². The molecule has 0 amide bonds. The molecule has 0 N–H and O–H groups in total. The molecule has 110 valence electrons. The summed E-state index contributed by atoms with van der Waals surface area (Å²) >= 11 is 4.64. The predicted molar refractivity (Wildman–Crippen MR) is 74.6 cm³/mol. The summed E-state index contributed by atoms with van der Waals surface area (Å²) in [5.41, 5.74) is -0.576. The Kier molecular flexibility index (Phi) is 17.6. The van der Waals surface area contributed by atoms with Crippen LogP contribution in [0.4, 0.5) is 0 Å². The second kappa shape index (κ2) is 13.6. The molecule has 18 heavy (non-hydrogen) atoms. The van der Waals surface area contributed by atoms with Crippen molar-refractivity contribution in [3.8, 4) is 0 Å². The lowest BCUT2D eigenvalue weighted by atomic mass is 10.9. The maximum absolute atomic E-state index is 10.9. The molecule has 0 aliphatic carbocycles. The monoisotopic (exact) mass is 322 g/mol. The molecular formula is C9H21ClO6P2. The van der Waals surface area contributed by atoms with E-state index in [1.807, 2.05) is 0 Å². The molecule has 0 aromatic carbocycles. The average Bonchev–Trinajstić information content (AvgIpc) is 2.27. The Morgan fingerprint density at radius 2 is 1.28 bits per heavy atom. The predicted octanol–water partition coefficient (Wildman–Crippen LogP) is 3.08. The zero-order valence-electron chi connectivity index (χ0n) is 11.7. The van der Waals surface area contributed by atoms with Crippen molar-refractivity contribution < 1.29 is 27.7 Å². The highest BCUT2D eigenvalue weighted by molar-refractivity contribution is 7.71. The van der Waals surface area contributed by atoms with Crippen LogP contribution in [-0.4, -0.2) is 45.4 Å². The third kappa shape index (κ3) is 18.5. The van der Waals surface area contributed by atoms with Gasteiger partial charge in [-0.25, -0.2) is 0 Å². The first-order chi connectivity index (χ1) is 8.07. The lowest BCUT2D eigenvalue weighted by molar-refractivity contribution is -0.112. The van der Waals surface area contributed by atoms with Crippen LogP contribution in [0.1, 0.15) is 13.8 Å². The highest BCUT2D eigenvalue weighted by atomic mass is 35.5. The summed E-state index contributed by atoms with van der Waals surface area (Å²) in [4.78, 5) is 19.6. The van der Waals surface area contributed by atoms with Crippen molar-refractivity contribution in [3.63, 3.8) is 0 Å². The summed E-state index contributed by atoms with van der Waals surface area (Å²) in [5.74, 6) is 0. The van der Waals surface area contributed by atoms with Gasteiger partial charge in [0.2, 0.25) is 10.8 Å². The molecule has 0 unspecified atom stereocenters. The van der Waals surface area contributed by atoms with E-state index in [4.69, 9.17) is 4.52 Å². The Bertz CT molecular complexity index is 270. The van der Waals surface area contributed by atoms with Crippen LogP contribution in [0.2, 0.25) is 0 Å². The first-order valence-corrected chi connectivity index (χ1v) is 8.74. The van der Waals surface area contributed by atoms with Gasteiger partial charge in [0.1, 0.15) is 0 Å². The highest BCUT2D eigenvalue weighted by Crippen LogP contribution is 2.46. The van der Waals surface area contributed by atoms with E-state index in [-0.39, 0.29) is 13.4 Å². The Hall–Kier alpha value is 0.170. The summed E-state index contributed by atoms with van der Waals surface area (Å²) in [6.45, 7) is 6.58. The molecule has 0 aliphatic heterocycles. The molecule has 0 heterocycles. The zero-order chi connectivity index (χ0) is 15.4. The molecule has 9 heteroatoms. The van der Waals surface area contributed by atoms with Crippen molar-refractivity contribution in [1.29, 1.82) is 0 Å². The van der Waals surface area contributed by atoms with Gasteiger partial charge in [-0.3, -0.25) is 14.2 Å². The van der Waals surface area contributed by atoms with E-state index in [0.717, 1.165) is 6.92 Å². The van der Waals surface area contributed by atoms with E-state index in [0.29, 0.717) is 0 Å². The van der Waals surface area contributed by atoms with Crippen molar-refractivity contribution in [2.45, 2.75) is 13.8 Å². The topological polar surface area (TPSA) is 78.9 Å². The quantitative estimate of drug-likeness (QED) is 0.584. The van der Waals surface area contributed by atoms with Gasteiger partial charge in [-0.2, -0.15) is 0 Å². The minimum atomic E-state index is -3.39. The Morgan fingerprint density at radius 1 is 1.06 bits per heavy atom. The average molecular weight is 323 g/mol. The third-order valence-electron chi connectivity index (χ3n) is 1.23. The van der Waals surface area contributed by atoms with Gasteiger partial charge in [0.05, 0.1) is 0 Å². The van der Waals surface area contributed by atoms with E-state index in [1.54, 1.807) is 7.11 Å². The second-order valence-electron chi connectivity index (χ2n) is 2.85. The van der Waals surface area contributed by atoms with Gasteiger partial charge >= 0.3 is 7.60 Å². The van der Waals surface area contributed by atoms with Crippen LogP contribution in [0.25, 0.3) is 0 Å². The van der Waals surface area contributed by atoms with Gasteiger partial charge in [0, 0.05) is 43.3 Å². The lowest BCUT2D eigenvalue weighted by Gasteiger charge is -2.07. The summed E-state index contributed by atoms with van der Waals surface area (Å²) in [6.07, 6.45) is 0. The number of carbonyl (C=O) groups is 2. The van der Waals surface area contributed by atoms with E-state index >= 15 is 0 Å². The van der Waals surface area contributed by atoms with Crippen LogP contribution < -0.4 is 0 Å². The summed E-state index contributed by atoms with van der Waals surface area (Å²) in [6, 6.07) is 0. The molecule has 0 aromatic rings. The first-order valence-electron chi connectivity index (χ1n) is 4.67. The maximum Gasteiger partial charge on any atom is 0.395 e. The number of hydrogen-bond acceptors (Lipinski definition) is 6. The number of halogens is 1. The number of hydrogen-bond donors (Lipinski definition) is 0. The minimum Gasteiger partial charge on any atom is -0.363 e. The second-order valence-corrected chi connectivity index (χ2v) is 7.72. The molecule has 0 radical (unpaired) electrons. The van der Waals surface area contributed by atoms with Gasteiger partial charge < -0.3 is 13.6 Å². The van der Waals surface area contributed by atoms with Gasteiger partial charge in [0.15, 0.2) is 0 Å². The van der Waals surface area contributed by atoms with Crippen LogP contribution in [-0.2, 0) is 27.7 Å². The SMILES string of the molecule is CC(=O)Cl.COP(=O)(OC)C(C)=O.COP(C)C. The van der Waals surface area contributed by atoms with E-state index in [1.165, 1.54) is 21.1 Å². The normalized spacial score (nSPS) is 9.83. The molecule has 0 aromatic heterocycles. The van der Waals surface area contributed by atoms with E-state index in [9.17, 15) is 14.2 Å². The molecule has 0 rings (SSSR count). The van der Waals surface area contributed by atoms with Gasteiger partial charge in [-0.15, -0.1) is 0 Å². The summed E-state index contributed by atoms with van der Waals surface area (Å²) < 4.78 is 24.3. The molecule has 0 fully saturated rings. The van der Waals surface area contributed by atoms with Crippen LogP contribution in [0, 0.1) is 0 Å². The lowest BCUT2D eigenvalue weighted by Crippen LogP contribution is -1.97. The molecule has 0 saturated carbocycles. The van der Waals surface area contributed by atoms with Crippen molar-refractivity contribution in [2.75, 3.05) is 34.7 Å². The van der Waals surface area contributed by atoms with Crippen molar-refractivity contribution in [3.05, 3.63) is 0 Å². The van der Waals surface area contributed by atoms with Gasteiger partial charge in [-0.1, -0.05) is 0 Å². The largest absolute Gasteiger partial charge is 0.395 e. The molecule has 0 aliphatic rings. The highest BCUT2D eigenvalue weighted by Gasteiger charge is 2.27. The molecular weight excluding hydrogens is 301 g/mol.